The Balaban J connectivity index is 2.12. The molecule has 1 aromatic heterocycles. The van der Waals surface area contributed by atoms with E-state index in [9.17, 15) is 0 Å². The topological polar surface area (TPSA) is 42.1 Å². The number of hydrogen-bond donors (Lipinski definition) is 1. The van der Waals surface area contributed by atoms with E-state index in [1.165, 1.54) is 16.8 Å². The molecule has 0 saturated carbocycles. The minimum atomic E-state index is 0.787. The lowest BCUT2D eigenvalue weighted by Crippen LogP contribution is -2.20. The summed E-state index contributed by atoms with van der Waals surface area (Å²) in [7, 11) is 2.10. The summed E-state index contributed by atoms with van der Waals surface area (Å²) in [6, 6.07) is 6.23. The van der Waals surface area contributed by atoms with Crippen LogP contribution in [0.2, 0.25) is 0 Å². The van der Waals surface area contributed by atoms with Gasteiger partial charge in [-0.3, -0.25) is 4.98 Å². The predicted octanol–water partition coefficient (Wildman–Crippen LogP) is 3.05. The first-order valence-electron chi connectivity index (χ1n) is 6.37. The zero-order valence-electron chi connectivity index (χ0n) is 11.2. The highest BCUT2D eigenvalue weighted by Gasteiger charge is 2.11. The Labute approximate surface area is 113 Å². The maximum absolute atomic E-state index is 6.13. The van der Waals surface area contributed by atoms with Crippen LogP contribution in [-0.2, 0) is 0 Å². The van der Waals surface area contributed by atoms with E-state index in [1.54, 1.807) is 6.20 Å². The molecule has 0 saturated heterocycles. The second kappa shape index (κ2) is 4.43. The summed E-state index contributed by atoms with van der Waals surface area (Å²) in [5.74, 6) is 0. The van der Waals surface area contributed by atoms with Crippen molar-refractivity contribution < 1.29 is 0 Å². The van der Waals surface area contributed by atoms with Crippen molar-refractivity contribution in [2.75, 3.05) is 19.3 Å². The van der Waals surface area contributed by atoms with Gasteiger partial charge in [0.2, 0.25) is 0 Å². The summed E-state index contributed by atoms with van der Waals surface area (Å²) in [4.78, 5) is 6.36. The molecule has 0 fully saturated rings. The van der Waals surface area contributed by atoms with Gasteiger partial charge in [-0.1, -0.05) is 6.08 Å². The van der Waals surface area contributed by atoms with E-state index >= 15 is 0 Å². The van der Waals surface area contributed by atoms with Crippen LogP contribution in [0.15, 0.2) is 48.4 Å². The van der Waals surface area contributed by atoms with Crippen molar-refractivity contribution in [2.24, 2.45) is 0 Å². The molecule has 3 rings (SSSR count). The smallest absolute Gasteiger partial charge is 0.0429 e. The van der Waals surface area contributed by atoms with Crippen LogP contribution in [0.3, 0.4) is 0 Å². The zero-order chi connectivity index (χ0) is 13.4. The fourth-order valence-corrected chi connectivity index (χ4v) is 2.38. The molecule has 0 radical (unpaired) electrons. The first kappa shape index (κ1) is 11.8. The highest BCUT2D eigenvalue weighted by molar-refractivity contribution is 5.95. The number of pyridine rings is 1. The van der Waals surface area contributed by atoms with Crippen molar-refractivity contribution in [1.82, 2.24) is 9.88 Å². The van der Waals surface area contributed by atoms with E-state index in [4.69, 9.17) is 5.73 Å². The molecule has 0 unspecified atom stereocenters. The average Bonchev–Trinajstić information content (AvgIpc) is 2.42. The van der Waals surface area contributed by atoms with Crippen LogP contribution in [0.1, 0.15) is 12.5 Å². The molecule has 0 atom stereocenters. The summed E-state index contributed by atoms with van der Waals surface area (Å²) >= 11 is 0. The van der Waals surface area contributed by atoms with Gasteiger partial charge >= 0.3 is 0 Å². The average molecular weight is 251 g/mol. The third kappa shape index (κ3) is 2.08. The van der Waals surface area contributed by atoms with Gasteiger partial charge in [0, 0.05) is 42.8 Å². The molecule has 3 heteroatoms. The third-order valence-electron chi connectivity index (χ3n) is 3.69. The summed E-state index contributed by atoms with van der Waals surface area (Å²) in [5.41, 5.74) is 10.7. The van der Waals surface area contributed by atoms with E-state index in [0.717, 1.165) is 23.0 Å². The molecular weight excluding hydrogens is 234 g/mol. The number of hydrogen-bond acceptors (Lipinski definition) is 3. The van der Waals surface area contributed by atoms with E-state index < -0.39 is 0 Å². The van der Waals surface area contributed by atoms with E-state index in [1.807, 2.05) is 18.3 Å². The zero-order valence-corrected chi connectivity index (χ0v) is 11.2. The number of aromatic nitrogens is 1. The second-order valence-electron chi connectivity index (χ2n) is 5.02. The van der Waals surface area contributed by atoms with Crippen molar-refractivity contribution >= 4 is 22.0 Å². The van der Waals surface area contributed by atoms with Crippen LogP contribution in [0, 0.1) is 0 Å². The summed E-state index contributed by atoms with van der Waals surface area (Å²) in [6.45, 7) is 3.03. The van der Waals surface area contributed by atoms with Gasteiger partial charge < -0.3 is 10.6 Å². The van der Waals surface area contributed by atoms with Crippen LogP contribution in [0.4, 0.5) is 5.69 Å². The van der Waals surface area contributed by atoms with Gasteiger partial charge in [0.15, 0.2) is 0 Å². The van der Waals surface area contributed by atoms with Gasteiger partial charge in [0.25, 0.3) is 0 Å². The molecule has 1 aromatic carbocycles. The number of fused-ring (bicyclic) bond motifs is 1. The number of nitrogen functional groups attached to an aromatic ring is 1. The maximum atomic E-state index is 6.13. The van der Waals surface area contributed by atoms with Crippen molar-refractivity contribution in [1.29, 1.82) is 0 Å². The Kier molecular flexibility index (Phi) is 2.75. The molecule has 96 valence electrons. The minimum absolute atomic E-state index is 0.787. The van der Waals surface area contributed by atoms with Gasteiger partial charge in [-0.25, -0.2) is 0 Å². The lowest BCUT2D eigenvalue weighted by Gasteiger charge is -2.25. The second-order valence-corrected chi connectivity index (χ2v) is 5.02. The summed E-state index contributed by atoms with van der Waals surface area (Å²) in [5, 5.41) is 2.16. The molecular formula is C16H17N3. The molecule has 0 spiro atoms. The molecule has 0 aliphatic carbocycles. The first-order valence-corrected chi connectivity index (χ1v) is 6.37. The molecule has 0 amide bonds. The number of anilines is 1. The van der Waals surface area contributed by atoms with E-state index in [-0.39, 0.29) is 0 Å². The molecule has 3 nitrogen and oxygen atoms in total. The quantitative estimate of drug-likeness (QED) is 0.792. The standard InChI is InChI=1S/C16H17N3/c1-11-3-4-13(10-19(11)2)14-7-12-5-6-18-9-15(12)16(17)8-14/h3-9H,10,17H2,1-2H3. The van der Waals surface area contributed by atoms with Crippen molar-refractivity contribution in [3.05, 3.63) is 54.0 Å². The van der Waals surface area contributed by atoms with Crippen LogP contribution in [-0.4, -0.2) is 23.5 Å². The van der Waals surface area contributed by atoms with E-state index in [2.05, 4.69) is 42.1 Å². The van der Waals surface area contributed by atoms with Crippen molar-refractivity contribution in [3.8, 4) is 0 Å². The Morgan fingerprint density at radius 3 is 2.89 bits per heavy atom. The van der Waals surface area contributed by atoms with E-state index in [0.29, 0.717) is 0 Å². The number of benzene rings is 1. The predicted molar refractivity (Wildman–Crippen MR) is 80.5 cm³/mol. The molecule has 2 aromatic rings. The normalized spacial score (nSPS) is 15.4. The number of nitrogens with two attached hydrogens (primary N) is 1. The van der Waals surface area contributed by atoms with Gasteiger partial charge in [-0.15, -0.1) is 0 Å². The Bertz CT molecular complexity index is 698. The van der Waals surface area contributed by atoms with Crippen molar-refractivity contribution in [3.63, 3.8) is 0 Å². The molecule has 19 heavy (non-hydrogen) atoms. The number of likely N-dealkylation sites (N-methyl/N-ethyl adjacent to an activating group) is 1. The fourth-order valence-electron chi connectivity index (χ4n) is 2.38. The van der Waals surface area contributed by atoms with Crippen LogP contribution < -0.4 is 5.73 Å². The van der Waals surface area contributed by atoms with Crippen LogP contribution in [0.25, 0.3) is 16.3 Å². The summed E-state index contributed by atoms with van der Waals surface area (Å²) < 4.78 is 0. The Hall–Kier alpha value is -2.29. The number of nitrogens with zero attached hydrogens (tertiary/aromatic N) is 2. The Morgan fingerprint density at radius 2 is 2.11 bits per heavy atom. The van der Waals surface area contributed by atoms with Gasteiger partial charge in [-0.05, 0) is 47.7 Å². The van der Waals surface area contributed by atoms with Gasteiger partial charge in [-0.2, -0.15) is 0 Å². The first-order chi connectivity index (χ1) is 9.15. The van der Waals surface area contributed by atoms with Gasteiger partial charge in [0.05, 0.1) is 0 Å². The molecule has 0 bridgehead atoms. The monoisotopic (exact) mass is 251 g/mol. The molecule has 1 aliphatic heterocycles. The molecule has 1 aliphatic rings. The molecule has 2 heterocycles. The van der Waals surface area contributed by atoms with Gasteiger partial charge in [0.1, 0.15) is 0 Å². The van der Waals surface area contributed by atoms with Crippen LogP contribution >= 0.6 is 0 Å². The lowest BCUT2D eigenvalue weighted by molar-refractivity contribution is 0.468. The third-order valence-corrected chi connectivity index (χ3v) is 3.69. The van der Waals surface area contributed by atoms with Crippen LogP contribution in [0.5, 0.6) is 0 Å². The lowest BCUT2D eigenvalue weighted by atomic mass is 9.98. The maximum Gasteiger partial charge on any atom is 0.0429 e. The number of rotatable bonds is 1. The molecule has 2 N–H and O–H groups in total. The largest absolute Gasteiger partial charge is 0.398 e. The highest BCUT2D eigenvalue weighted by Crippen LogP contribution is 2.28. The minimum Gasteiger partial charge on any atom is -0.398 e. The fraction of sp³-hybridized carbons (Fsp3) is 0.188. The SMILES string of the molecule is CC1=CC=C(c2cc(N)c3cnccc3c2)CN1C. The highest BCUT2D eigenvalue weighted by atomic mass is 15.1. The number of allylic oxidation sites excluding steroid dienone is 3. The Morgan fingerprint density at radius 1 is 1.26 bits per heavy atom. The van der Waals surface area contributed by atoms with Crippen molar-refractivity contribution in [2.45, 2.75) is 6.92 Å². The summed E-state index contributed by atoms with van der Waals surface area (Å²) in [6.07, 6.45) is 7.94.